The smallest absolute Gasteiger partial charge is 0.307 e. The van der Waals surface area contributed by atoms with Crippen molar-refractivity contribution < 1.29 is 19.4 Å². The second-order valence-corrected chi connectivity index (χ2v) is 8.55. The van der Waals surface area contributed by atoms with Crippen molar-refractivity contribution in [2.45, 2.75) is 91.3 Å². The highest BCUT2D eigenvalue weighted by Crippen LogP contribution is 2.45. The summed E-state index contributed by atoms with van der Waals surface area (Å²) in [7, 11) is 0. The summed E-state index contributed by atoms with van der Waals surface area (Å²) in [5.74, 6) is -0.360. The lowest BCUT2D eigenvalue weighted by Gasteiger charge is -2.44. The van der Waals surface area contributed by atoms with Gasteiger partial charge in [0.2, 0.25) is 0 Å². The summed E-state index contributed by atoms with van der Waals surface area (Å²) in [5.41, 5.74) is 3.34. The van der Waals surface area contributed by atoms with E-state index in [9.17, 15) is 14.7 Å². The number of rotatable bonds is 8. The fraction of sp³-hybridized carbons (Fsp3) is 0.652. The third kappa shape index (κ3) is 6.17. The van der Waals surface area contributed by atoms with Crippen molar-refractivity contribution in [3.63, 3.8) is 0 Å². The van der Waals surface area contributed by atoms with E-state index >= 15 is 0 Å². The van der Waals surface area contributed by atoms with E-state index in [1.54, 1.807) is 0 Å². The molecule has 0 spiro atoms. The summed E-state index contributed by atoms with van der Waals surface area (Å²) in [6.07, 6.45) is 10.7. The molecular formula is C23H34O4. The number of aliphatic hydroxyl groups excluding tert-OH is 1. The summed E-state index contributed by atoms with van der Waals surface area (Å²) in [4.78, 5) is 24.4. The first kappa shape index (κ1) is 21.6. The van der Waals surface area contributed by atoms with Gasteiger partial charge in [-0.1, -0.05) is 34.9 Å². The van der Waals surface area contributed by atoms with Crippen molar-refractivity contribution in [1.82, 2.24) is 0 Å². The fourth-order valence-electron chi connectivity index (χ4n) is 3.93. The van der Waals surface area contributed by atoms with Crippen LogP contribution in [0.3, 0.4) is 0 Å². The molecule has 2 fully saturated rings. The van der Waals surface area contributed by atoms with Crippen LogP contribution in [0, 0.1) is 5.41 Å². The van der Waals surface area contributed by atoms with Crippen LogP contribution in [-0.2, 0) is 14.3 Å². The van der Waals surface area contributed by atoms with Crippen molar-refractivity contribution in [3.05, 3.63) is 34.9 Å². The molecule has 0 aromatic rings. The largest absolute Gasteiger partial charge is 0.460 e. The third-order valence-corrected chi connectivity index (χ3v) is 5.74. The Morgan fingerprint density at radius 2 is 1.70 bits per heavy atom. The predicted octanol–water partition coefficient (Wildman–Crippen LogP) is 4.82. The van der Waals surface area contributed by atoms with Gasteiger partial charge in [0.1, 0.15) is 11.9 Å². The molecule has 0 aromatic heterocycles. The van der Waals surface area contributed by atoms with Crippen LogP contribution in [-0.4, -0.2) is 29.1 Å². The average molecular weight is 375 g/mol. The van der Waals surface area contributed by atoms with Crippen LogP contribution in [0.1, 0.15) is 79.1 Å². The van der Waals surface area contributed by atoms with Gasteiger partial charge < -0.3 is 9.84 Å². The van der Waals surface area contributed by atoms with Crippen LogP contribution in [0.5, 0.6) is 0 Å². The minimum absolute atomic E-state index is 0.00182. The van der Waals surface area contributed by atoms with E-state index in [0.29, 0.717) is 12.8 Å². The Morgan fingerprint density at radius 3 is 2.37 bits per heavy atom. The highest BCUT2D eigenvalue weighted by molar-refractivity contribution is 5.91. The highest BCUT2D eigenvalue weighted by Gasteiger charge is 2.52. The zero-order chi connectivity index (χ0) is 20.0. The second-order valence-electron chi connectivity index (χ2n) is 8.55. The van der Waals surface area contributed by atoms with E-state index in [-0.39, 0.29) is 24.6 Å². The topological polar surface area (TPSA) is 63.6 Å². The van der Waals surface area contributed by atoms with Crippen LogP contribution in [0.2, 0.25) is 0 Å². The van der Waals surface area contributed by atoms with Crippen molar-refractivity contribution in [2.75, 3.05) is 0 Å². The molecule has 1 heterocycles. The summed E-state index contributed by atoms with van der Waals surface area (Å²) in [5, 5.41) is 9.94. The number of fused-ring (bicyclic) bond motifs is 2. The van der Waals surface area contributed by atoms with E-state index in [4.69, 9.17) is 4.74 Å². The monoisotopic (exact) mass is 374 g/mol. The van der Waals surface area contributed by atoms with Crippen LogP contribution < -0.4 is 0 Å². The Hall–Kier alpha value is -1.68. The lowest BCUT2D eigenvalue weighted by molar-refractivity contribution is -0.183. The van der Waals surface area contributed by atoms with E-state index in [0.717, 1.165) is 25.7 Å². The molecule has 0 aromatic carbocycles. The number of hydrogen-bond donors (Lipinski definition) is 1. The van der Waals surface area contributed by atoms with Gasteiger partial charge in [-0.3, -0.25) is 9.59 Å². The Morgan fingerprint density at radius 1 is 1.07 bits per heavy atom. The van der Waals surface area contributed by atoms with Crippen LogP contribution in [0.4, 0.5) is 0 Å². The Balaban J connectivity index is 1.88. The lowest BCUT2D eigenvalue weighted by Crippen LogP contribution is -2.53. The fourth-order valence-corrected chi connectivity index (χ4v) is 3.93. The van der Waals surface area contributed by atoms with Crippen molar-refractivity contribution in [2.24, 2.45) is 5.41 Å². The summed E-state index contributed by atoms with van der Waals surface area (Å²) < 4.78 is 5.21. The number of esters is 1. The Labute approximate surface area is 163 Å². The number of ether oxygens (including phenoxy) is 1. The first-order chi connectivity index (χ1) is 12.7. The maximum atomic E-state index is 12.5. The number of ketones is 1. The van der Waals surface area contributed by atoms with E-state index < -0.39 is 17.6 Å². The average Bonchev–Trinajstić information content (AvgIpc) is 2.58. The Bertz CT molecular complexity index is 651. The zero-order valence-electron chi connectivity index (χ0n) is 17.2. The van der Waals surface area contributed by atoms with Crippen LogP contribution in [0.25, 0.3) is 0 Å². The number of allylic oxidation sites excluding steroid dienone is 6. The van der Waals surface area contributed by atoms with E-state index in [2.05, 4.69) is 45.9 Å². The van der Waals surface area contributed by atoms with Gasteiger partial charge in [0.25, 0.3) is 0 Å². The molecule has 150 valence electrons. The molecular weight excluding hydrogens is 340 g/mol. The molecule has 1 aliphatic carbocycles. The molecule has 1 saturated heterocycles. The zero-order valence-corrected chi connectivity index (χ0v) is 17.2. The van der Waals surface area contributed by atoms with Crippen molar-refractivity contribution in [3.8, 4) is 0 Å². The van der Waals surface area contributed by atoms with Gasteiger partial charge in [0.15, 0.2) is 0 Å². The molecule has 0 radical (unpaired) electrons. The molecule has 27 heavy (non-hydrogen) atoms. The van der Waals surface area contributed by atoms with Crippen molar-refractivity contribution >= 4 is 11.8 Å². The van der Waals surface area contributed by atoms with Gasteiger partial charge in [-0.15, -0.1) is 0 Å². The van der Waals surface area contributed by atoms with Gasteiger partial charge in [-0.05, 0) is 59.8 Å². The summed E-state index contributed by atoms with van der Waals surface area (Å²) in [6, 6.07) is 0. The first-order valence-corrected chi connectivity index (χ1v) is 10.1. The first-order valence-electron chi connectivity index (χ1n) is 10.1. The van der Waals surface area contributed by atoms with Crippen molar-refractivity contribution in [1.29, 1.82) is 0 Å². The maximum Gasteiger partial charge on any atom is 0.307 e. The lowest BCUT2D eigenvalue weighted by atomic mass is 9.65. The second kappa shape index (κ2) is 9.50. The normalized spacial score (nSPS) is 28.8. The number of carbonyl (C=O) groups excluding carboxylic acids is 2. The van der Waals surface area contributed by atoms with Gasteiger partial charge >= 0.3 is 5.97 Å². The third-order valence-electron chi connectivity index (χ3n) is 5.74. The molecule has 2 rings (SSSR count). The van der Waals surface area contributed by atoms with Gasteiger partial charge in [0.05, 0.1) is 12.5 Å². The molecule has 0 unspecified atom stereocenters. The number of Topliss-reactive ketones (excluding diaryl/α,β-unsaturated/α-hetero) is 1. The summed E-state index contributed by atoms with van der Waals surface area (Å²) in [6.45, 7) is 8.51. The molecule has 1 aliphatic heterocycles. The van der Waals surface area contributed by atoms with Gasteiger partial charge in [-0.25, -0.2) is 0 Å². The molecule has 0 amide bonds. The maximum absolute atomic E-state index is 12.5. The standard InChI is InChI=1S/C23H34O4/c1-16(2)7-5-8-17(3)9-6-10-18(4)11-12-23-14-20(27-22(26)15-23)19(24)13-21(23)25/h7,9,11,19-20,24H,5-6,8,10,12-15H2,1-4H3/b17-9+,18-11+/t19-,20+,23+/m0/s1. The predicted molar refractivity (Wildman–Crippen MR) is 107 cm³/mol. The molecule has 4 heteroatoms. The molecule has 1 N–H and O–H groups in total. The highest BCUT2D eigenvalue weighted by atomic mass is 16.6. The SMILES string of the molecule is CC(C)=CCC/C(C)=C/CC/C(C)=C/C[C@]12CC(=O)O[C@H](C1)[C@@H](O)CC2=O. The molecule has 4 nitrogen and oxygen atoms in total. The van der Waals surface area contributed by atoms with Gasteiger partial charge in [-0.2, -0.15) is 0 Å². The minimum atomic E-state index is -0.848. The molecule has 3 atom stereocenters. The molecule has 2 aliphatic rings. The van der Waals surface area contributed by atoms with Crippen LogP contribution >= 0.6 is 0 Å². The quantitative estimate of drug-likeness (QED) is 0.489. The number of hydrogen-bond acceptors (Lipinski definition) is 4. The number of aliphatic hydroxyl groups is 1. The van der Waals surface area contributed by atoms with E-state index in [1.165, 1.54) is 16.7 Å². The molecule has 1 saturated carbocycles. The summed E-state index contributed by atoms with van der Waals surface area (Å²) >= 11 is 0. The Kier molecular flexibility index (Phi) is 7.60. The minimum Gasteiger partial charge on any atom is -0.460 e. The molecule has 2 bridgehead atoms. The van der Waals surface area contributed by atoms with E-state index in [1.807, 2.05) is 0 Å². The van der Waals surface area contributed by atoms with Crippen LogP contribution in [0.15, 0.2) is 34.9 Å². The number of carbonyl (C=O) groups is 2. The van der Waals surface area contributed by atoms with Gasteiger partial charge in [0, 0.05) is 18.3 Å².